The van der Waals surface area contributed by atoms with Gasteiger partial charge in [-0.25, -0.2) is 0 Å². The molecule has 0 fully saturated rings. The van der Waals surface area contributed by atoms with Crippen molar-refractivity contribution in [2.24, 2.45) is 0 Å². The second kappa shape index (κ2) is 10.3. The summed E-state index contributed by atoms with van der Waals surface area (Å²) in [5.74, 6) is -3.22. The first-order valence-electron chi connectivity index (χ1n) is 9.06. The Morgan fingerprint density at radius 3 is 1.28 bits per heavy atom. The van der Waals surface area contributed by atoms with E-state index in [1.807, 2.05) is 0 Å². The molecule has 0 aliphatic heterocycles. The molecule has 0 radical (unpaired) electrons. The number of nitro groups is 4. The maximum atomic E-state index is 11.5. The molecule has 0 atom stereocenters. The molecular weight excluding hydrogens is 440 g/mol. The summed E-state index contributed by atoms with van der Waals surface area (Å²) in [6.07, 6.45) is -1.05. The zero-order chi connectivity index (χ0) is 24.0. The molecule has 0 aliphatic carbocycles. The highest BCUT2D eigenvalue weighted by Gasteiger charge is 2.40. The average Bonchev–Trinajstić information content (AvgIpc) is 3.27. The van der Waals surface area contributed by atoms with Crippen LogP contribution in [0.3, 0.4) is 0 Å². The Bertz CT molecular complexity index is 963. The normalized spacial score (nSPS) is 10.9. The highest BCUT2D eigenvalue weighted by Crippen LogP contribution is 2.33. The molecule has 2 aromatic heterocycles. The number of nitrogens with zero attached hydrogens (tertiary/aromatic N) is 8. The van der Waals surface area contributed by atoms with E-state index in [1.165, 1.54) is 0 Å². The molecule has 32 heavy (non-hydrogen) atoms. The predicted molar refractivity (Wildman–Crippen MR) is 102 cm³/mol. The Labute approximate surface area is 177 Å². The average molecular weight is 458 g/mol. The molecule has 174 valence electrons. The lowest BCUT2D eigenvalue weighted by atomic mass is 10.1. The van der Waals surface area contributed by atoms with Gasteiger partial charge in [0.2, 0.25) is 13.5 Å². The minimum Gasteiger partial charge on any atom is -0.358 e. The lowest BCUT2D eigenvalue weighted by molar-refractivity contribution is -0.397. The van der Waals surface area contributed by atoms with Crippen LogP contribution in [0, 0.1) is 40.5 Å². The van der Waals surface area contributed by atoms with E-state index >= 15 is 0 Å². The van der Waals surface area contributed by atoms with Crippen molar-refractivity contribution in [1.29, 1.82) is 0 Å². The van der Waals surface area contributed by atoms with Crippen molar-refractivity contribution in [3.05, 3.63) is 51.6 Å². The molecule has 0 saturated heterocycles. The van der Waals surface area contributed by atoms with Gasteiger partial charge in [0.1, 0.15) is 0 Å². The number of aromatic nitrogens is 4. The molecule has 0 aliphatic rings. The first kappa shape index (κ1) is 24.2. The topological polar surface area (TPSA) is 227 Å². The van der Waals surface area contributed by atoms with E-state index in [0.717, 1.165) is 0 Å². The van der Waals surface area contributed by atoms with Crippen LogP contribution in [0.25, 0.3) is 0 Å². The van der Waals surface area contributed by atoms with Gasteiger partial charge in [-0.05, 0) is 55.7 Å². The minimum atomic E-state index is -0.952. The Balaban J connectivity index is 2.55. The quantitative estimate of drug-likeness (QED) is 0.307. The standard InChI is InChI=1S/C14H18N8O10/c1-3-31-7-17-13(21(27)28)9(11(15-17)19(23)24)5-6-10-12(20(25)26)16-18(8-32-4-2)14(10)22(29)30/h3-8H2,1-2H3. The zero-order valence-corrected chi connectivity index (χ0v) is 16.9. The monoisotopic (exact) mass is 458 g/mol. The van der Waals surface area contributed by atoms with Crippen LogP contribution in [0.4, 0.5) is 23.3 Å². The van der Waals surface area contributed by atoms with Crippen molar-refractivity contribution >= 4 is 23.3 Å². The van der Waals surface area contributed by atoms with E-state index in [2.05, 4.69) is 10.2 Å². The molecule has 18 heteroatoms. The van der Waals surface area contributed by atoms with E-state index in [-0.39, 0.29) is 13.2 Å². The molecule has 0 saturated carbocycles. The van der Waals surface area contributed by atoms with Crippen LogP contribution in [0.2, 0.25) is 0 Å². The van der Waals surface area contributed by atoms with Gasteiger partial charge in [-0.1, -0.05) is 0 Å². The van der Waals surface area contributed by atoms with E-state index in [4.69, 9.17) is 9.47 Å². The van der Waals surface area contributed by atoms with Crippen molar-refractivity contribution < 1.29 is 29.2 Å². The van der Waals surface area contributed by atoms with Crippen LogP contribution in [0.5, 0.6) is 0 Å². The molecule has 0 bridgehead atoms. The largest absolute Gasteiger partial charge is 0.423 e. The van der Waals surface area contributed by atoms with E-state index in [0.29, 0.717) is 9.36 Å². The van der Waals surface area contributed by atoms with Crippen molar-refractivity contribution in [2.45, 2.75) is 40.2 Å². The number of hydrogen-bond donors (Lipinski definition) is 0. The van der Waals surface area contributed by atoms with Crippen LogP contribution < -0.4 is 0 Å². The molecule has 0 amide bonds. The first-order chi connectivity index (χ1) is 15.1. The van der Waals surface area contributed by atoms with Gasteiger partial charge in [-0.3, -0.25) is 0 Å². The third kappa shape index (κ3) is 4.98. The van der Waals surface area contributed by atoms with Crippen LogP contribution in [-0.2, 0) is 35.8 Å². The van der Waals surface area contributed by atoms with Crippen molar-refractivity contribution in [3.63, 3.8) is 0 Å². The molecule has 0 unspecified atom stereocenters. The summed E-state index contributed by atoms with van der Waals surface area (Å²) in [4.78, 5) is 42.1. The summed E-state index contributed by atoms with van der Waals surface area (Å²) in [5, 5.41) is 53.0. The molecular formula is C14H18N8O10. The summed E-state index contributed by atoms with van der Waals surface area (Å²) >= 11 is 0. The van der Waals surface area contributed by atoms with Gasteiger partial charge in [0.15, 0.2) is 21.3 Å². The fourth-order valence-corrected chi connectivity index (χ4v) is 2.89. The smallest absolute Gasteiger partial charge is 0.358 e. The SMILES string of the molecule is CCOCn1nc([N+](=O)[O-])c(CCc2c([N+](=O)[O-])nn(COCC)c2[N+](=O)[O-])c1[N+](=O)[O-]. The Morgan fingerprint density at radius 2 is 1.03 bits per heavy atom. The summed E-state index contributed by atoms with van der Waals surface area (Å²) in [6, 6.07) is 0. The number of hydrogen-bond acceptors (Lipinski definition) is 12. The van der Waals surface area contributed by atoms with Crippen LogP contribution in [0.15, 0.2) is 0 Å². The van der Waals surface area contributed by atoms with E-state index in [1.54, 1.807) is 13.8 Å². The number of rotatable bonds is 13. The fourth-order valence-electron chi connectivity index (χ4n) is 2.89. The van der Waals surface area contributed by atoms with Gasteiger partial charge in [0, 0.05) is 13.2 Å². The van der Waals surface area contributed by atoms with Crippen LogP contribution in [-0.4, -0.2) is 52.5 Å². The van der Waals surface area contributed by atoms with Gasteiger partial charge in [0.25, 0.3) is 0 Å². The van der Waals surface area contributed by atoms with Crippen molar-refractivity contribution in [2.75, 3.05) is 13.2 Å². The summed E-state index contributed by atoms with van der Waals surface area (Å²) in [5.41, 5.74) is -0.915. The van der Waals surface area contributed by atoms with Gasteiger partial charge >= 0.3 is 23.3 Å². The molecule has 0 aromatic carbocycles. The molecule has 18 nitrogen and oxygen atoms in total. The molecule has 0 N–H and O–H groups in total. The third-order valence-corrected chi connectivity index (χ3v) is 4.15. The molecule has 2 rings (SSSR count). The van der Waals surface area contributed by atoms with Crippen LogP contribution in [0.1, 0.15) is 25.0 Å². The first-order valence-corrected chi connectivity index (χ1v) is 9.06. The molecule has 2 aromatic rings. The van der Waals surface area contributed by atoms with Crippen molar-refractivity contribution in [1.82, 2.24) is 19.6 Å². The van der Waals surface area contributed by atoms with E-state index < -0.39 is 80.4 Å². The number of ether oxygens (including phenoxy) is 2. The Kier molecular flexibility index (Phi) is 7.80. The summed E-state index contributed by atoms with van der Waals surface area (Å²) in [7, 11) is 0. The lowest BCUT2D eigenvalue weighted by Gasteiger charge is -2.01. The minimum absolute atomic E-state index is 0.150. The Morgan fingerprint density at radius 1 is 0.688 bits per heavy atom. The van der Waals surface area contributed by atoms with Gasteiger partial charge in [-0.15, -0.1) is 0 Å². The summed E-state index contributed by atoms with van der Waals surface area (Å²) in [6.45, 7) is 2.61. The van der Waals surface area contributed by atoms with E-state index in [9.17, 15) is 40.5 Å². The summed E-state index contributed by atoms with van der Waals surface area (Å²) < 4.78 is 11.4. The molecule has 0 spiro atoms. The highest BCUT2D eigenvalue weighted by atomic mass is 16.6. The second-order valence-corrected chi connectivity index (χ2v) is 6.02. The maximum Gasteiger partial charge on any atom is 0.423 e. The Hall–Kier alpha value is -4.06. The van der Waals surface area contributed by atoms with Gasteiger partial charge in [-0.2, -0.15) is 0 Å². The van der Waals surface area contributed by atoms with Gasteiger partial charge in [0.05, 0.1) is 0 Å². The predicted octanol–water partition coefficient (Wildman–Crippen LogP) is 1.49. The third-order valence-electron chi connectivity index (χ3n) is 4.15. The highest BCUT2D eigenvalue weighted by molar-refractivity contribution is 5.50. The second-order valence-electron chi connectivity index (χ2n) is 6.02. The van der Waals surface area contributed by atoms with Gasteiger partial charge < -0.3 is 49.9 Å². The lowest BCUT2D eigenvalue weighted by Crippen LogP contribution is -2.09. The maximum absolute atomic E-state index is 11.5. The van der Waals surface area contributed by atoms with Crippen LogP contribution >= 0.6 is 0 Å². The zero-order valence-electron chi connectivity index (χ0n) is 16.9. The van der Waals surface area contributed by atoms with Crippen molar-refractivity contribution in [3.8, 4) is 0 Å². The fraction of sp³-hybridized carbons (Fsp3) is 0.571. The molecule has 2 heterocycles.